The molecule has 3 rings (SSSR count). The molecule has 0 unspecified atom stereocenters. The van der Waals surface area contributed by atoms with E-state index < -0.39 is 0 Å². The minimum absolute atomic E-state index is 0.0580. The molecule has 8 nitrogen and oxygen atoms in total. The van der Waals surface area contributed by atoms with Crippen molar-refractivity contribution in [1.82, 2.24) is 20.4 Å². The molecule has 0 saturated carbocycles. The fraction of sp³-hybridized carbons (Fsp3) is 0.526. The number of benzene rings is 1. The third kappa shape index (κ3) is 5.05. The van der Waals surface area contributed by atoms with E-state index in [-0.39, 0.29) is 24.3 Å². The highest BCUT2D eigenvalue weighted by atomic mass is 16.5. The zero-order valence-corrected chi connectivity index (χ0v) is 15.4. The van der Waals surface area contributed by atoms with E-state index in [2.05, 4.69) is 15.5 Å². The van der Waals surface area contributed by atoms with Crippen LogP contribution in [0.1, 0.15) is 36.2 Å². The Morgan fingerprint density at radius 2 is 2.07 bits per heavy atom. The van der Waals surface area contributed by atoms with E-state index in [9.17, 15) is 9.59 Å². The highest BCUT2D eigenvalue weighted by Crippen LogP contribution is 2.16. The Morgan fingerprint density at radius 1 is 1.30 bits per heavy atom. The molecule has 2 heterocycles. The standard InChI is InChI=1S/C19H27N5O3/c20-9-3-13-27-14-7-11-24(12-8-14)17(25)6-10-21-19(26)18-15-4-1-2-5-16(15)22-23-18/h1-2,4-5,14H,3,6-13,20H2,(H,21,26)(H,22,23). The number of ether oxygens (including phenoxy) is 1. The zero-order valence-electron chi connectivity index (χ0n) is 15.4. The minimum atomic E-state index is -0.271. The molecule has 1 aliphatic heterocycles. The molecule has 146 valence electrons. The number of carbonyl (C=O) groups excluding carboxylic acids is 2. The van der Waals surface area contributed by atoms with Crippen LogP contribution in [0.25, 0.3) is 10.9 Å². The first-order chi connectivity index (χ1) is 13.2. The summed E-state index contributed by atoms with van der Waals surface area (Å²) in [6.07, 6.45) is 3.06. The number of likely N-dealkylation sites (tertiary alicyclic amines) is 1. The first kappa shape index (κ1) is 19.3. The Bertz CT molecular complexity index is 768. The maximum absolute atomic E-state index is 12.3. The number of aromatic nitrogens is 2. The second-order valence-electron chi connectivity index (χ2n) is 6.72. The van der Waals surface area contributed by atoms with E-state index >= 15 is 0 Å². The Labute approximate surface area is 158 Å². The molecular weight excluding hydrogens is 346 g/mol. The Morgan fingerprint density at radius 3 is 2.85 bits per heavy atom. The third-order valence-corrected chi connectivity index (χ3v) is 4.81. The minimum Gasteiger partial charge on any atom is -0.378 e. The second kappa shape index (κ2) is 9.48. The van der Waals surface area contributed by atoms with E-state index in [0.29, 0.717) is 38.5 Å². The molecule has 2 aromatic rings. The maximum Gasteiger partial charge on any atom is 0.272 e. The van der Waals surface area contributed by atoms with Crippen LogP contribution >= 0.6 is 0 Å². The molecule has 0 spiro atoms. The van der Waals surface area contributed by atoms with Crippen LogP contribution in [0.2, 0.25) is 0 Å². The van der Waals surface area contributed by atoms with Crippen molar-refractivity contribution in [2.75, 3.05) is 32.8 Å². The van der Waals surface area contributed by atoms with Gasteiger partial charge in [-0.2, -0.15) is 5.10 Å². The highest BCUT2D eigenvalue weighted by Gasteiger charge is 2.23. The molecule has 0 atom stereocenters. The number of nitrogens with zero attached hydrogens (tertiary/aromatic N) is 2. The number of hydrogen-bond donors (Lipinski definition) is 3. The summed E-state index contributed by atoms with van der Waals surface area (Å²) in [7, 11) is 0. The maximum atomic E-state index is 12.3. The molecule has 2 amide bonds. The summed E-state index contributed by atoms with van der Waals surface area (Å²) in [5.74, 6) is -0.213. The lowest BCUT2D eigenvalue weighted by Crippen LogP contribution is -2.42. The molecule has 1 aromatic heterocycles. The number of hydrogen-bond acceptors (Lipinski definition) is 5. The quantitative estimate of drug-likeness (QED) is 0.598. The van der Waals surface area contributed by atoms with Crippen molar-refractivity contribution in [1.29, 1.82) is 0 Å². The lowest BCUT2D eigenvalue weighted by atomic mass is 10.1. The second-order valence-corrected chi connectivity index (χ2v) is 6.72. The summed E-state index contributed by atoms with van der Waals surface area (Å²) in [5.41, 5.74) is 6.63. The third-order valence-electron chi connectivity index (χ3n) is 4.81. The summed E-state index contributed by atoms with van der Waals surface area (Å²) in [5, 5.41) is 10.5. The van der Waals surface area contributed by atoms with Crippen LogP contribution in [0.15, 0.2) is 24.3 Å². The van der Waals surface area contributed by atoms with Crippen LogP contribution in [-0.4, -0.2) is 65.8 Å². The van der Waals surface area contributed by atoms with Gasteiger partial charge in [0, 0.05) is 38.0 Å². The van der Waals surface area contributed by atoms with Gasteiger partial charge in [-0.3, -0.25) is 14.7 Å². The van der Waals surface area contributed by atoms with Gasteiger partial charge < -0.3 is 20.7 Å². The van der Waals surface area contributed by atoms with Gasteiger partial charge in [0.05, 0.1) is 11.6 Å². The fourth-order valence-corrected chi connectivity index (χ4v) is 3.27. The van der Waals surface area contributed by atoms with E-state index in [1.54, 1.807) is 0 Å². The number of carbonyl (C=O) groups is 2. The van der Waals surface area contributed by atoms with Crippen LogP contribution in [0.3, 0.4) is 0 Å². The van der Waals surface area contributed by atoms with Gasteiger partial charge in [-0.15, -0.1) is 0 Å². The number of H-pyrrole nitrogens is 1. The first-order valence-electron chi connectivity index (χ1n) is 9.50. The van der Waals surface area contributed by atoms with Crippen molar-refractivity contribution in [2.45, 2.75) is 31.8 Å². The normalized spacial score (nSPS) is 15.2. The monoisotopic (exact) mass is 373 g/mol. The van der Waals surface area contributed by atoms with Crippen LogP contribution in [0.4, 0.5) is 0 Å². The van der Waals surface area contributed by atoms with Crippen molar-refractivity contribution in [2.24, 2.45) is 5.73 Å². The SMILES string of the molecule is NCCCOC1CCN(C(=O)CCNC(=O)c2n[nH]c3ccccc23)CC1. The molecule has 0 radical (unpaired) electrons. The molecule has 1 saturated heterocycles. The van der Waals surface area contributed by atoms with Gasteiger partial charge in [0.15, 0.2) is 5.69 Å². The summed E-state index contributed by atoms with van der Waals surface area (Å²) < 4.78 is 5.76. The predicted molar refractivity (Wildman–Crippen MR) is 102 cm³/mol. The van der Waals surface area contributed by atoms with E-state index in [0.717, 1.165) is 30.2 Å². The summed E-state index contributed by atoms with van der Waals surface area (Å²) in [6, 6.07) is 7.46. The van der Waals surface area contributed by atoms with Crippen LogP contribution in [0.5, 0.6) is 0 Å². The number of para-hydroxylation sites is 1. The van der Waals surface area contributed by atoms with Gasteiger partial charge in [0.2, 0.25) is 5.91 Å². The van der Waals surface area contributed by atoms with Crippen molar-refractivity contribution >= 4 is 22.7 Å². The van der Waals surface area contributed by atoms with Crippen LogP contribution < -0.4 is 11.1 Å². The topological polar surface area (TPSA) is 113 Å². The summed E-state index contributed by atoms with van der Waals surface area (Å²) in [6.45, 7) is 3.01. The Kier molecular flexibility index (Phi) is 6.78. The number of fused-ring (bicyclic) bond motifs is 1. The zero-order chi connectivity index (χ0) is 19.1. The van der Waals surface area contributed by atoms with Crippen molar-refractivity contribution < 1.29 is 14.3 Å². The first-order valence-corrected chi connectivity index (χ1v) is 9.50. The number of aromatic amines is 1. The fourth-order valence-electron chi connectivity index (χ4n) is 3.27. The largest absolute Gasteiger partial charge is 0.378 e. The number of piperidine rings is 1. The summed E-state index contributed by atoms with van der Waals surface area (Å²) in [4.78, 5) is 26.5. The van der Waals surface area contributed by atoms with E-state index in [4.69, 9.17) is 10.5 Å². The van der Waals surface area contributed by atoms with Gasteiger partial charge in [0.1, 0.15) is 0 Å². The summed E-state index contributed by atoms with van der Waals surface area (Å²) >= 11 is 0. The molecule has 0 bridgehead atoms. The number of nitrogens with one attached hydrogen (secondary N) is 2. The van der Waals surface area contributed by atoms with Gasteiger partial charge >= 0.3 is 0 Å². The average Bonchev–Trinajstić information content (AvgIpc) is 3.13. The molecular formula is C19H27N5O3. The lowest BCUT2D eigenvalue weighted by Gasteiger charge is -2.32. The highest BCUT2D eigenvalue weighted by molar-refractivity contribution is 6.04. The van der Waals surface area contributed by atoms with Gasteiger partial charge in [0.25, 0.3) is 5.91 Å². The van der Waals surface area contributed by atoms with Gasteiger partial charge in [-0.05, 0) is 31.9 Å². The Hall–Kier alpha value is -2.45. The molecule has 1 fully saturated rings. The van der Waals surface area contributed by atoms with E-state index in [1.807, 2.05) is 29.2 Å². The molecule has 1 aromatic carbocycles. The van der Waals surface area contributed by atoms with E-state index in [1.165, 1.54) is 0 Å². The number of rotatable bonds is 8. The van der Waals surface area contributed by atoms with Gasteiger partial charge in [-0.25, -0.2) is 0 Å². The predicted octanol–water partition coefficient (Wildman–Crippen LogP) is 1.04. The van der Waals surface area contributed by atoms with Crippen LogP contribution in [-0.2, 0) is 9.53 Å². The molecule has 0 aliphatic carbocycles. The lowest BCUT2D eigenvalue weighted by molar-refractivity contribution is -0.133. The molecule has 1 aliphatic rings. The van der Waals surface area contributed by atoms with Crippen molar-refractivity contribution in [3.8, 4) is 0 Å². The smallest absolute Gasteiger partial charge is 0.272 e. The van der Waals surface area contributed by atoms with Crippen molar-refractivity contribution in [3.63, 3.8) is 0 Å². The van der Waals surface area contributed by atoms with Gasteiger partial charge in [-0.1, -0.05) is 18.2 Å². The molecule has 27 heavy (non-hydrogen) atoms. The Balaban J connectivity index is 1.39. The number of nitrogens with two attached hydrogens (primary N) is 1. The van der Waals surface area contributed by atoms with Crippen LogP contribution in [0, 0.1) is 0 Å². The van der Waals surface area contributed by atoms with Crippen molar-refractivity contribution in [3.05, 3.63) is 30.0 Å². The molecule has 4 N–H and O–H groups in total. The molecule has 8 heteroatoms. The average molecular weight is 373 g/mol. The number of amides is 2.